The van der Waals surface area contributed by atoms with Crippen molar-refractivity contribution in [2.75, 3.05) is 19.6 Å². The first-order chi connectivity index (χ1) is 7.06. The van der Waals surface area contributed by atoms with Gasteiger partial charge in [-0.3, -0.25) is 9.58 Å². The van der Waals surface area contributed by atoms with Crippen LogP contribution >= 0.6 is 0 Å². The molecule has 0 bridgehead atoms. The summed E-state index contributed by atoms with van der Waals surface area (Å²) >= 11 is 0. The molecule has 2 rings (SSSR count). The third-order valence-corrected chi connectivity index (χ3v) is 2.95. The van der Waals surface area contributed by atoms with Crippen LogP contribution in [0.2, 0.25) is 0 Å². The minimum atomic E-state index is 0.609. The van der Waals surface area contributed by atoms with Crippen LogP contribution in [0, 0.1) is 19.8 Å². The Balaban J connectivity index is 1.91. The zero-order chi connectivity index (χ0) is 11.0. The van der Waals surface area contributed by atoms with Crippen molar-refractivity contribution in [2.45, 2.75) is 33.7 Å². The van der Waals surface area contributed by atoms with Gasteiger partial charge in [0.2, 0.25) is 0 Å². The molecule has 0 spiro atoms. The Morgan fingerprint density at radius 1 is 1.40 bits per heavy atom. The topological polar surface area (TPSA) is 21.1 Å². The van der Waals surface area contributed by atoms with E-state index in [1.165, 1.54) is 25.3 Å². The summed E-state index contributed by atoms with van der Waals surface area (Å²) in [6, 6.07) is 2.77. The molecule has 1 aromatic rings. The lowest BCUT2D eigenvalue weighted by Gasteiger charge is -2.40. The Morgan fingerprint density at radius 3 is 2.53 bits per heavy atom. The summed E-state index contributed by atoms with van der Waals surface area (Å²) in [5.74, 6) is 0.770. The minimum absolute atomic E-state index is 0.609. The summed E-state index contributed by atoms with van der Waals surface area (Å²) in [5, 5.41) is 4.54. The van der Waals surface area contributed by atoms with Crippen LogP contribution in [0.3, 0.4) is 0 Å². The molecule has 0 atom stereocenters. The summed E-state index contributed by atoms with van der Waals surface area (Å²) in [7, 11) is 0. The lowest BCUT2D eigenvalue weighted by molar-refractivity contribution is 0.0845. The molecular weight excluding hydrogens is 186 g/mol. The first kappa shape index (κ1) is 10.7. The van der Waals surface area contributed by atoms with Gasteiger partial charge < -0.3 is 0 Å². The van der Waals surface area contributed by atoms with E-state index in [2.05, 4.69) is 48.4 Å². The van der Waals surface area contributed by atoms with Gasteiger partial charge >= 0.3 is 0 Å². The van der Waals surface area contributed by atoms with Crippen LogP contribution in [0.25, 0.3) is 0 Å². The molecule has 1 fully saturated rings. The molecule has 0 N–H and O–H groups in total. The zero-order valence-corrected chi connectivity index (χ0v) is 10.2. The Labute approximate surface area is 92.1 Å². The van der Waals surface area contributed by atoms with E-state index in [1.54, 1.807) is 0 Å². The maximum Gasteiger partial charge on any atom is 0.0775 e. The van der Waals surface area contributed by atoms with E-state index >= 15 is 0 Å². The Kier molecular flexibility index (Phi) is 2.83. The number of hydrogen-bond acceptors (Lipinski definition) is 2. The predicted molar refractivity (Wildman–Crippen MR) is 62.0 cm³/mol. The fraction of sp³-hybridized carbons (Fsp3) is 0.750. The van der Waals surface area contributed by atoms with Crippen LogP contribution in [0.1, 0.15) is 31.3 Å². The van der Waals surface area contributed by atoms with E-state index in [9.17, 15) is 0 Å². The van der Waals surface area contributed by atoms with Crippen LogP contribution in [0.4, 0.5) is 0 Å². The summed E-state index contributed by atoms with van der Waals surface area (Å²) in [6.07, 6.45) is 0. The molecule has 1 aliphatic heterocycles. The van der Waals surface area contributed by atoms with Gasteiger partial charge in [0.25, 0.3) is 0 Å². The monoisotopic (exact) mass is 207 g/mol. The highest BCUT2D eigenvalue weighted by Gasteiger charge is 2.29. The number of aromatic nitrogens is 2. The molecular formula is C12H21N3. The number of nitrogens with zero attached hydrogens (tertiary/aromatic N) is 3. The average Bonchev–Trinajstić information content (AvgIpc) is 2.36. The van der Waals surface area contributed by atoms with Crippen LogP contribution in [0.5, 0.6) is 0 Å². The second kappa shape index (κ2) is 3.97. The SMILES string of the molecule is Cc1cc(C)n(C2CN(CC(C)C)C2)n1. The molecule has 3 nitrogen and oxygen atoms in total. The van der Waals surface area contributed by atoms with Crippen LogP contribution < -0.4 is 0 Å². The maximum absolute atomic E-state index is 4.54. The van der Waals surface area contributed by atoms with Gasteiger partial charge in [-0.25, -0.2) is 0 Å². The normalized spacial score (nSPS) is 18.5. The first-order valence-electron chi connectivity index (χ1n) is 5.81. The van der Waals surface area contributed by atoms with E-state index in [1.807, 2.05) is 0 Å². The number of aryl methyl sites for hydroxylation is 2. The number of rotatable bonds is 3. The van der Waals surface area contributed by atoms with Crippen LogP contribution in [-0.2, 0) is 0 Å². The highest BCUT2D eigenvalue weighted by atomic mass is 15.4. The van der Waals surface area contributed by atoms with Crippen molar-refractivity contribution in [3.05, 3.63) is 17.5 Å². The van der Waals surface area contributed by atoms with Crippen molar-refractivity contribution in [3.8, 4) is 0 Å². The van der Waals surface area contributed by atoms with E-state index in [0.717, 1.165) is 11.6 Å². The molecule has 0 aromatic carbocycles. The van der Waals surface area contributed by atoms with Crippen molar-refractivity contribution < 1.29 is 0 Å². The van der Waals surface area contributed by atoms with Crippen molar-refractivity contribution in [1.82, 2.24) is 14.7 Å². The fourth-order valence-electron chi connectivity index (χ4n) is 2.38. The maximum atomic E-state index is 4.54. The number of likely N-dealkylation sites (tertiary alicyclic amines) is 1. The molecule has 2 heterocycles. The van der Waals surface area contributed by atoms with E-state index in [4.69, 9.17) is 0 Å². The van der Waals surface area contributed by atoms with Gasteiger partial charge in [0.1, 0.15) is 0 Å². The van der Waals surface area contributed by atoms with E-state index < -0.39 is 0 Å². The largest absolute Gasteiger partial charge is 0.299 e. The third-order valence-electron chi connectivity index (χ3n) is 2.95. The molecule has 1 aliphatic rings. The van der Waals surface area contributed by atoms with Crippen molar-refractivity contribution in [1.29, 1.82) is 0 Å². The molecule has 0 amide bonds. The predicted octanol–water partition coefficient (Wildman–Crippen LogP) is 2.01. The third kappa shape index (κ3) is 2.23. The molecule has 15 heavy (non-hydrogen) atoms. The van der Waals surface area contributed by atoms with Gasteiger partial charge in [0.05, 0.1) is 11.7 Å². The van der Waals surface area contributed by atoms with Gasteiger partial charge in [0.15, 0.2) is 0 Å². The van der Waals surface area contributed by atoms with Gasteiger partial charge in [-0.1, -0.05) is 13.8 Å². The quantitative estimate of drug-likeness (QED) is 0.756. The molecule has 0 saturated carbocycles. The molecule has 0 radical (unpaired) electrons. The zero-order valence-electron chi connectivity index (χ0n) is 10.2. The number of hydrogen-bond donors (Lipinski definition) is 0. The molecule has 1 saturated heterocycles. The Morgan fingerprint density at radius 2 is 2.07 bits per heavy atom. The fourth-order valence-corrected chi connectivity index (χ4v) is 2.38. The van der Waals surface area contributed by atoms with E-state index in [0.29, 0.717) is 6.04 Å². The smallest absolute Gasteiger partial charge is 0.0775 e. The first-order valence-corrected chi connectivity index (χ1v) is 5.81. The van der Waals surface area contributed by atoms with Gasteiger partial charge in [-0.05, 0) is 25.8 Å². The van der Waals surface area contributed by atoms with Crippen molar-refractivity contribution in [2.24, 2.45) is 5.92 Å². The van der Waals surface area contributed by atoms with Gasteiger partial charge in [0, 0.05) is 25.3 Å². The molecule has 84 valence electrons. The van der Waals surface area contributed by atoms with Gasteiger partial charge in [-0.15, -0.1) is 0 Å². The summed E-state index contributed by atoms with van der Waals surface area (Å²) in [4.78, 5) is 2.51. The Bertz CT molecular complexity index is 335. The molecule has 3 heteroatoms. The minimum Gasteiger partial charge on any atom is -0.299 e. The second-order valence-electron chi connectivity index (χ2n) is 5.14. The summed E-state index contributed by atoms with van der Waals surface area (Å²) < 4.78 is 2.19. The van der Waals surface area contributed by atoms with E-state index in [-0.39, 0.29) is 0 Å². The Hall–Kier alpha value is -0.830. The highest BCUT2D eigenvalue weighted by molar-refractivity contribution is 5.09. The summed E-state index contributed by atoms with van der Waals surface area (Å²) in [5.41, 5.74) is 2.43. The molecule has 0 unspecified atom stereocenters. The molecule has 0 aliphatic carbocycles. The van der Waals surface area contributed by atoms with Gasteiger partial charge in [-0.2, -0.15) is 5.10 Å². The second-order valence-corrected chi connectivity index (χ2v) is 5.14. The molecule has 1 aromatic heterocycles. The lowest BCUT2D eigenvalue weighted by Crippen LogP contribution is -2.49. The summed E-state index contributed by atoms with van der Waals surface area (Å²) in [6.45, 7) is 12.3. The standard InChI is InChI=1S/C12H21N3/c1-9(2)6-14-7-12(8-14)15-11(4)5-10(3)13-15/h5,9,12H,6-8H2,1-4H3. The lowest BCUT2D eigenvalue weighted by atomic mass is 10.1. The van der Waals surface area contributed by atoms with Crippen molar-refractivity contribution in [3.63, 3.8) is 0 Å². The average molecular weight is 207 g/mol. The van der Waals surface area contributed by atoms with Crippen molar-refractivity contribution >= 4 is 0 Å². The van der Waals surface area contributed by atoms with Crippen LogP contribution in [-0.4, -0.2) is 34.3 Å². The highest BCUT2D eigenvalue weighted by Crippen LogP contribution is 2.23. The van der Waals surface area contributed by atoms with Crippen LogP contribution in [0.15, 0.2) is 6.07 Å².